The maximum absolute atomic E-state index is 11.3. The molecule has 0 aromatic rings. The molecule has 1 fully saturated rings. The number of nitrogens with zero attached hydrogens (tertiary/aromatic N) is 1. The summed E-state index contributed by atoms with van der Waals surface area (Å²) in [6.45, 7) is 4.06. The lowest BCUT2D eigenvalue weighted by molar-refractivity contribution is 0.332. The van der Waals surface area contributed by atoms with Crippen LogP contribution in [-0.4, -0.2) is 31.5 Å². The number of rotatable bonds is 3. The van der Waals surface area contributed by atoms with Gasteiger partial charge in [-0.25, -0.2) is 8.42 Å². The van der Waals surface area contributed by atoms with Crippen molar-refractivity contribution in [3.8, 4) is 6.07 Å². The lowest BCUT2D eigenvalue weighted by atomic mass is 9.93. The van der Waals surface area contributed by atoms with Crippen molar-refractivity contribution in [3.63, 3.8) is 0 Å². The van der Waals surface area contributed by atoms with Gasteiger partial charge in [0, 0.05) is 6.04 Å². The molecule has 4 nitrogen and oxygen atoms in total. The number of nitrogens with one attached hydrogen (secondary N) is 1. The fourth-order valence-corrected chi connectivity index (χ4v) is 3.27. The Morgan fingerprint density at radius 1 is 1.47 bits per heavy atom. The van der Waals surface area contributed by atoms with Crippen LogP contribution in [0.15, 0.2) is 0 Å². The van der Waals surface area contributed by atoms with Gasteiger partial charge < -0.3 is 0 Å². The molecule has 5 heteroatoms. The summed E-state index contributed by atoms with van der Waals surface area (Å²) in [4.78, 5) is 0. The summed E-state index contributed by atoms with van der Waals surface area (Å²) in [5.41, 5.74) is -0.624. The van der Waals surface area contributed by atoms with Crippen LogP contribution in [0.1, 0.15) is 33.1 Å². The third-order valence-electron chi connectivity index (χ3n) is 3.03. The lowest BCUT2D eigenvalue weighted by Gasteiger charge is -2.34. The fourth-order valence-electron chi connectivity index (χ4n) is 1.75. The molecule has 0 aromatic carbocycles. The molecule has 15 heavy (non-hydrogen) atoms. The Balaban J connectivity index is 2.69. The Kier molecular flexibility index (Phi) is 3.74. The van der Waals surface area contributed by atoms with Gasteiger partial charge in [-0.15, -0.1) is 0 Å². The molecule has 1 heterocycles. The molecule has 1 rings (SSSR count). The molecule has 0 aliphatic carbocycles. The zero-order valence-electron chi connectivity index (χ0n) is 9.28. The molecule has 1 aliphatic heterocycles. The van der Waals surface area contributed by atoms with Crippen LogP contribution in [0.5, 0.6) is 0 Å². The predicted octanol–water partition coefficient (Wildman–Crippen LogP) is 0.845. The van der Waals surface area contributed by atoms with Crippen molar-refractivity contribution in [2.24, 2.45) is 0 Å². The van der Waals surface area contributed by atoms with Crippen LogP contribution in [0.25, 0.3) is 0 Å². The third kappa shape index (κ3) is 3.18. The van der Waals surface area contributed by atoms with Gasteiger partial charge in [0.15, 0.2) is 9.84 Å². The zero-order chi connectivity index (χ0) is 11.5. The van der Waals surface area contributed by atoms with Crippen LogP contribution in [0, 0.1) is 11.3 Å². The average Bonchev–Trinajstić information content (AvgIpc) is 2.22. The molecule has 0 radical (unpaired) electrons. The Morgan fingerprint density at radius 2 is 2.00 bits per heavy atom. The molecule has 0 bridgehead atoms. The minimum Gasteiger partial charge on any atom is -0.297 e. The molecule has 86 valence electrons. The summed E-state index contributed by atoms with van der Waals surface area (Å²) in [6.07, 6.45) is 1.77. The first-order valence-corrected chi connectivity index (χ1v) is 7.14. The van der Waals surface area contributed by atoms with E-state index in [0.29, 0.717) is 12.8 Å². The highest BCUT2D eigenvalue weighted by Gasteiger charge is 2.37. The molecule has 0 saturated carbocycles. The van der Waals surface area contributed by atoms with E-state index >= 15 is 0 Å². The van der Waals surface area contributed by atoms with Crippen molar-refractivity contribution < 1.29 is 8.42 Å². The molecular formula is C10H18N2O2S. The number of hydrogen-bond donors (Lipinski definition) is 1. The van der Waals surface area contributed by atoms with Gasteiger partial charge in [-0.05, 0) is 26.2 Å². The number of nitriles is 1. The second kappa shape index (κ2) is 4.50. The summed E-state index contributed by atoms with van der Waals surface area (Å²) in [7, 11) is -2.90. The van der Waals surface area contributed by atoms with Crippen LogP contribution in [-0.2, 0) is 9.84 Å². The van der Waals surface area contributed by atoms with E-state index in [4.69, 9.17) is 5.26 Å². The molecule has 1 unspecified atom stereocenters. The second-order valence-corrected chi connectivity index (χ2v) is 6.60. The van der Waals surface area contributed by atoms with Crippen molar-refractivity contribution in [1.29, 1.82) is 5.26 Å². The zero-order valence-corrected chi connectivity index (χ0v) is 10.1. The molecule has 1 N–H and O–H groups in total. The first-order valence-electron chi connectivity index (χ1n) is 5.32. The van der Waals surface area contributed by atoms with E-state index in [1.807, 2.05) is 13.8 Å². The van der Waals surface area contributed by atoms with Gasteiger partial charge in [-0.1, -0.05) is 6.92 Å². The van der Waals surface area contributed by atoms with Crippen LogP contribution >= 0.6 is 0 Å². The van der Waals surface area contributed by atoms with Gasteiger partial charge in [0.25, 0.3) is 0 Å². The van der Waals surface area contributed by atoms with E-state index in [0.717, 1.165) is 6.42 Å². The highest BCUT2D eigenvalue weighted by molar-refractivity contribution is 7.91. The Labute approximate surface area is 91.6 Å². The van der Waals surface area contributed by atoms with Gasteiger partial charge >= 0.3 is 0 Å². The molecule has 1 atom stereocenters. The van der Waals surface area contributed by atoms with Crippen LogP contribution in [0.4, 0.5) is 0 Å². The monoisotopic (exact) mass is 230 g/mol. The van der Waals surface area contributed by atoms with Crippen LogP contribution < -0.4 is 5.32 Å². The van der Waals surface area contributed by atoms with E-state index in [9.17, 15) is 8.42 Å². The van der Waals surface area contributed by atoms with Crippen LogP contribution in [0.3, 0.4) is 0 Å². The second-order valence-electron chi connectivity index (χ2n) is 4.30. The molecular weight excluding hydrogens is 212 g/mol. The smallest absolute Gasteiger partial charge is 0.150 e. The van der Waals surface area contributed by atoms with E-state index in [2.05, 4.69) is 11.4 Å². The molecule has 0 aromatic heterocycles. The standard InChI is InChI=1S/C10H18N2O2S/c1-3-9(2)12-10(8-11)4-6-15(13,14)7-5-10/h9,12H,3-7H2,1-2H3. The molecule has 1 aliphatic rings. The highest BCUT2D eigenvalue weighted by Crippen LogP contribution is 2.24. The minimum atomic E-state index is -2.90. The molecule has 0 spiro atoms. The van der Waals surface area contributed by atoms with Crippen molar-refractivity contribution >= 4 is 9.84 Å². The van der Waals surface area contributed by atoms with Gasteiger partial charge in [0.05, 0.1) is 17.6 Å². The van der Waals surface area contributed by atoms with E-state index in [1.54, 1.807) is 0 Å². The fraction of sp³-hybridized carbons (Fsp3) is 0.900. The molecule has 1 saturated heterocycles. The summed E-state index contributed by atoms with van der Waals surface area (Å²) in [6, 6.07) is 2.50. The Bertz CT molecular complexity index is 342. The number of sulfone groups is 1. The quantitative estimate of drug-likeness (QED) is 0.780. The van der Waals surface area contributed by atoms with Crippen molar-refractivity contribution in [2.75, 3.05) is 11.5 Å². The predicted molar refractivity (Wildman–Crippen MR) is 59.1 cm³/mol. The average molecular weight is 230 g/mol. The Hall–Kier alpha value is -0.600. The molecule has 0 amide bonds. The summed E-state index contributed by atoms with van der Waals surface area (Å²) in [5, 5.41) is 12.4. The number of hydrogen-bond acceptors (Lipinski definition) is 4. The van der Waals surface area contributed by atoms with E-state index in [-0.39, 0.29) is 17.5 Å². The third-order valence-corrected chi connectivity index (χ3v) is 4.68. The summed E-state index contributed by atoms with van der Waals surface area (Å²) >= 11 is 0. The van der Waals surface area contributed by atoms with Crippen molar-refractivity contribution in [1.82, 2.24) is 5.32 Å². The summed E-state index contributed by atoms with van der Waals surface area (Å²) < 4.78 is 22.5. The maximum Gasteiger partial charge on any atom is 0.150 e. The van der Waals surface area contributed by atoms with Gasteiger partial charge in [0.2, 0.25) is 0 Å². The first-order chi connectivity index (χ1) is 6.93. The maximum atomic E-state index is 11.3. The van der Waals surface area contributed by atoms with E-state index in [1.165, 1.54) is 0 Å². The van der Waals surface area contributed by atoms with Gasteiger partial charge in [0.1, 0.15) is 5.54 Å². The first kappa shape index (κ1) is 12.5. The SMILES string of the molecule is CCC(C)NC1(C#N)CCS(=O)(=O)CC1. The normalized spacial score (nSPS) is 25.4. The largest absolute Gasteiger partial charge is 0.297 e. The van der Waals surface area contributed by atoms with Crippen molar-refractivity contribution in [3.05, 3.63) is 0 Å². The van der Waals surface area contributed by atoms with Gasteiger partial charge in [-0.3, -0.25) is 5.32 Å². The topological polar surface area (TPSA) is 70.0 Å². The van der Waals surface area contributed by atoms with Crippen LogP contribution in [0.2, 0.25) is 0 Å². The van der Waals surface area contributed by atoms with Gasteiger partial charge in [-0.2, -0.15) is 5.26 Å². The highest BCUT2D eigenvalue weighted by atomic mass is 32.2. The van der Waals surface area contributed by atoms with E-state index < -0.39 is 15.4 Å². The summed E-state index contributed by atoms with van der Waals surface area (Å²) in [5.74, 6) is 0.258. The Morgan fingerprint density at radius 3 is 2.40 bits per heavy atom. The minimum absolute atomic E-state index is 0.129. The lowest BCUT2D eigenvalue weighted by Crippen LogP contribution is -2.52. The van der Waals surface area contributed by atoms with Crippen molar-refractivity contribution in [2.45, 2.75) is 44.7 Å².